The van der Waals surface area contributed by atoms with Crippen molar-refractivity contribution in [2.24, 2.45) is 0 Å². The van der Waals surface area contributed by atoms with Crippen LogP contribution in [0.4, 0.5) is 5.69 Å². The average Bonchev–Trinajstić information content (AvgIpc) is 2.47. The van der Waals surface area contributed by atoms with E-state index in [-0.39, 0.29) is 11.4 Å². The summed E-state index contributed by atoms with van der Waals surface area (Å²) in [5.74, 6) is 0.197. The first kappa shape index (κ1) is 12.1. The Morgan fingerprint density at radius 3 is 2.45 bits per heavy atom. The standard InChI is InChI=1S/C15H10N2O3/c18-13-6-8-15-11(9-13)3-7-14(16-15)10-1-4-12(5-2-10)17(19)20/h1-9,18H. The third-order valence-electron chi connectivity index (χ3n) is 3.05. The predicted molar refractivity (Wildman–Crippen MR) is 75.5 cm³/mol. The molecular weight excluding hydrogens is 256 g/mol. The molecule has 5 heteroatoms. The molecule has 3 aromatic rings. The zero-order valence-electron chi connectivity index (χ0n) is 10.4. The summed E-state index contributed by atoms with van der Waals surface area (Å²) in [7, 11) is 0. The largest absolute Gasteiger partial charge is 0.508 e. The lowest BCUT2D eigenvalue weighted by atomic mass is 10.1. The van der Waals surface area contributed by atoms with E-state index in [0.29, 0.717) is 0 Å². The van der Waals surface area contributed by atoms with Crippen molar-refractivity contribution in [2.45, 2.75) is 0 Å². The summed E-state index contributed by atoms with van der Waals surface area (Å²) in [6, 6.07) is 14.9. The quantitative estimate of drug-likeness (QED) is 0.568. The van der Waals surface area contributed by atoms with Crippen LogP contribution in [0.1, 0.15) is 0 Å². The molecule has 0 aliphatic carbocycles. The summed E-state index contributed by atoms with van der Waals surface area (Å²) in [5, 5.41) is 20.9. The molecule has 0 bridgehead atoms. The minimum atomic E-state index is -0.430. The van der Waals surface area contributed by atoms with E-state index in [9.17, 15) is 15.2 Å². The number of hydrogen-bond acceptors (Lipinski definition) is 4. The zero-order chi connectivity index (χ0) is 14.1. The topological polar surface area (TPSA) is 76.3 Å². The number of benzene rings is 2. The molecule has 0 amide bonds. The highest BCUT2D eigenvalue weighted by Crippen LogP contribution is 2.24. The van der Waals surface area contributed by atoms with Crippen molar-refractivity contribution in [3.8, 4) is 17.0 Å². The fraction of sp³-hybridized carbons (Fsp3) is 0. The number of nitro benzene ring substituents is 1. The molecule has 0 atom stereocenters. The Morgan fingerprint density at radius 1 is 1.00 bits per heavy atom. The molecule has 1 heterocycles. The van der Waals surface area contributed by atoms with Gasteiger partial charge in [-0.25, -0.2) is 4.98 Å². The molecule has 0 fully saturated rings. The lowest BCUT2D eigenvalue weighted by Gasteiger charge is -2.03. The predicted octanol–water partition coefficient (Wildman–Crippen LogP) is 3.52. The number of nitrogens with zero attached hydrogens (tertiary/aromatic N) is 2. The van der Waals surface area contributed by atoms with Crippen LogP contribution in [0.2, 0.25) is 0 Å². The molecule has 0 saturated carbocycles. The number of rotatable bonds is 2. The molecule has 0 aliphatic rings. The van der Waals surface area contributed by atoms with Gasteiger partial charge in [-0.15, -0.1) is 0 Å². The van der Waals surface area contributed by atoms with Crippen LogP contribution in [0, 0.1) is 10.1 Å². The molecule has 0 spiro atoms. The van der Waals surface area contributed by atoms with E-state index < -0.39 is 4.92 Å². The first-order valence-electron chi connectivity index (χ1n) is 5.98. The fourth-order valence-electron chi connectivity index (χ4n) is 2.03. The molecule has 3 rings (SSSR count). The van der Waals surface area contributed by atoms with Crippen LogP contribution in [0.5, 0.6) is 5.75 Å². The number of fused-ring (bicyclic) bond motifs is 1. The van der Waals surface area contributed by atoms with Crippen molar-refractivity contribution in [1.82, 2.24) is 4.98 Å². The first-order valence-corrected chi connectivity index (χ1v) is 5.98. The van der Waals surface area contributed by atoms with E-state index in [4.69, 9.17) is 0 Å². The van der Waals surface area contributed by atoms with Crippen LogP contribution in [0.3, 0.4) is 0 Å². The van der Waals surface area contributed by atoms with Gasteiger partial charge in [0.15, 0.2) is 0 Å². The van der Waals surface area contributed by atoms with Crippen LogP contribution < -0.4 is 0 Å². The van der Waals surface area contributed by atoms with Crippen molar-refractivity contribution >= 4 is 16.6 Å². The van der Waals surface area contributed by atoms with Crippen LogP contribution >= 0.6 is 0 Å². The van der Waals surface area contributed by atoms with Gasteiger partial charge in [0, 0.05) is 23.1 Å². The number of phenolic OH excluding ortho intramolecular Hbond substituents is 1. The average molecular weight is 266 g/mol. The number of non-ortho nitro benzene ring substituents is 1. The monoisotopic (exact) mass is 266 g/mol. The summed E-state index contributed by atoms with van der Waals surface area (Å²) in [6.07, 6.45) is 0. The zero-order valence-corrected chi connectivity index (χ0v) is 10.4. The van der Waals surface area contributed by atoms with Gasteiger partial charge in [-0.3, -0.25) is 10.1 Å². The SMILES string of the molecule is O=[N+]([O-])c1ccc(-c2ccc3cc(O)ccc3n2)cc1. The smallest absolute Gasteiger partial charge is 0.269 e. The van der Waals surface area contributed by atoms with Crippen LogP contribution in [0.15, 0.2) is 54.6 Å². The van der Waals surface area contributed by atoms with E-state index in [1.54, 1.807) is 30.3 Å². The second-order valence-corrected chi connectivity index (χ2v) is 4.38. The van der Waals surface area contributed by atoms with E-state index >= 15 is 0 Å². The second-order valence-electron chi connectivity index (χ2n) is 4.38. The van der Waals surface area contributed by atoms with Crippen molar-refractivity contribution < 1.29 is 10.0 Å². The van der Waals surface area contributed by atoms with Crippen molar-refractivity contribution in [3.63, 3.8) is 0 Å². The Bertz CT molecular complexity index is 798. The molecule has 2 aromatic carbocycles. The van der Waals surface area contributed by atoms with Gasteiger partial charge in [0.25, 0.3) is 5.69 Å². The highest BCUT2D eigenvalue weighted by molar-refractivity contribution is 5.82. The Morgan fingerprint density at radius 2 is 1.75 bits per heavy atom. The third kappa shape index (κ3) is 2.16. The minimum Gasteiger partial charge on any atom is -0.508 e. The molecule has 1 N–H and O–H groups in total. The molecular formula is C15H10N2O3. The van der Waals surface area contributed by atoms with Crippen molar-refractivity contribution in [1.29, 1.82) is 0 Å². The lowest BCUT2D eigenvalue weighted by Crippen LogP contribution is -1.88. The molecule has 0 unspecified atom stereocenters. The van der Waals surface area contributed by atoms with Gasteiger partial charge < -0.3 is 5.11 Å². The van der Waals surface area contributed by atoms with E-state index in [2.05, 4.69) is 4.98 Å². The second kappa shape index (κ2) is 4.62. The molecule has 0 aliphatic heterocycles. The van der Waals surface area contributed by atoms with Crippen LogP contribution in [0.25, 0.3) is 22.2 Å². The minimum absolute atomic E-state index is 0.0551. The van der Waals surface area contributed by atoms with Gasteiger partial charge in [-0.1, -0.05) is 6.07 Å². The maximum absolute atomic E-state index is 10.6. The molecule has 0 saturated heterocycles. The van der Waals surface area contributed by atoms with E-state index in [1.807, 2.05) is 12.1 Å². The molecule has 0 radical (unpaired) electrons. The summed E-state index contributed by atoms with van der Waals surface area (Å²) < 4.78 is 0. The van der Waals surface area contributed by atoms with Gasteiger partial charge in [-0.05, 0) is 36.4 Å². The Hall–Kier alpha value is -2.95. The van der Waals surface area contributed by atoms with Gasteiger partial charge in [0.05, 0.1) is 16.1 Å². The van der Waals surface area contributed by atoms with Gasteiger partial charge >= 0.3 is 0 Å². The highest BCUT2D eigenvalue weighted by Gasteiger charge is 2.06. The summed E-state index contributed by atoms with van der Waals surface area (Å²) >= 11 is 0. The highest BCUT2D eigenvalue weighted by atomic mass is 16.6. The van der Waals surface area contributed by atoms with Crippen LogP contribution in [-0.2, 0) is 0 Å². The number of pyridine rings is 1. The summed E-state index contributed by atoms with van der Waals surface area (Å²) in [6.45, 7) is 0. The maximum atomic E-state index is 10.6. The molecule has 5 nitrogen and oxygen atoms in total. The third-order valence-corrected chi connectivity index (χ3v) is 3.05. The summed E-state index contributed by atoms with van der Waals surface area (Å²) in [4.78, 5) is 14.7. The van der Waals surface area contributed by atoms with E-state index in [1.165, 1.54) is 12.1 Å². The summed E-state index contributed by atoms with van der Waals surface area (Å²) in [5.41, 5.74) is 2.36. The number of nitro groups is 1. The number of aromatic nitrogens is 1. The molecule has 98 valence electrons. The molecule has 20 heavy (non-hydrogen) atoms. The number of aromatic hydroxyl groups is 1. The first-order chi connectivity index (χ1) is 9.63. The maximum Gasteiger partial charge on any atom is 0.269 e. The van der Waals surface area contributed by atoms with Gasteiger partial charge in [0.1, 0.15) is 5.75 Å². The van der Waals surface area contributed by atoms with Gasteiger partial charge in [0.2, 0.25) is 0 Å². The van der Waals surface area contributed by atoms with Gasteiger partial charge in [-0.2, -0.15) is 0 Å². The number of hydrogen-bond donors (Lipinski definition) is 1. The fourth-order valence-corrected chi connectivity index (χ4v) is 2.03. The Kier molecular flexibility index (Phi) is 2.80. The Balaban J connectivity index is 2.05. The molecule has 1 aromatic heterocycles. The van der Waals surface area contributed by atoms with E-state index in [0.717, 1.165) is 22.2 Å². The lowest BCUT2D eigenvalue weighted by molar-refractivity contribution is -0.384. The Labute approximate surface area is 114 Å². The number of phenols is 1. The van der Waals surface area contributed by atoms with Crippen molar-refractivity contribution in [2.75, 3.05) is 0 Å². The van der Waals surface area contributed by atoms with Crippen molar-refractivity contribution in [3.05, 3.63) is 64.7 Å². The normalized spacial score (nSPS) is 10.6. The van der Waals surface area contributed by atoms with Crippen LogP contribution in [-0.4, -0.2) is 15.0 Å².